The van der Waals surface area contributed by atoms with Crippen LogP contribution in [0.2, 0.25) is 0 Å². The monoisotopic (exact) mass is 296 g/mol. The number of piperazine rings is 1. The zero-order chi connectivity index (χ0) is 15.2. The van der Waals surface area contributed by atoms with Gasteiger partial charge in [-0.2, -0.15) is 0 Å². The highest BCUT2D eigenvalue weighted by atomic mass is 16.5. The fraction of sp³-hybridized carbons (Fsp3) is 1.00. The van der Waals surface area contributed by atoms with Crippen molar-refractivity contribution in [1.82, 2.24) is 10.2 Å². The summed E-state index contributed by atoms with van der Waals surface area (Å²) in [6.45, 7) is 13.7. The highest BCUT2D eigenvalue weighted by Crippen LogP contribution is 2.21. The van der Waals surface area contributed by atoms with Gasteiger partial charge < -0.3 is 10.1 Å². The van der Waals surface area contributed by atoms with Crippen LogP contribution in [0, 0.1) is 11.8 Å². The quantitative estimate of drug-likeness (QED) is 0.814. The summed E-state index contributed by atoms with van der Waals surface area (Å²) in [5.74, 6) is 1.42. The highest BCUT2D eigenvalue weighted by Gasteiger charge is 2.30. The minimum absolute atomic E-state index is 0.542. The van der Waals surface area contributed by atoms with Gasteiger partial charge >= 0.3 is 0 Å². The van der Waals surface area contributed by atoms with Crippen LogP contribution < -0.4 is 5.32 Å². The average Bonchev–Trinajstić information content (AvgIpc) is 2.48. The molecule has 1 N–H and O–H groups in total. The third kappa shape index (κ3) is 5.22. The number of hydrogen-bond acceptors (Lipinski definition) is 3. The van der Waals surface area contributed by atoms with Crippen LogP contribution in [0.1, 0.15) is 59.8 Å². The molecule has 21 heavy (non-hydrogen) atoms. The molecule has 0 amide bonds. The van der Waals surface area contributed by atoms with E-state index in [2.05, 4.69) is 37.9 Å². The Kier molecular flexibility index (Phi) is 6.97. The second kappa shape index (κ2) is 8.50. The topological polar surface area (TPSA) is 24.5 Å². The average molecular weight is 296 g/mol. The minimum atomic E-state index is 0.542. The molecule has 3 heteroatoms. The fourth-order valence-electron chi connectivity index (χ4n) is 3.78. The number of nitrogens with zero attached hydrogens (tertiary/aromatic N) is 1. The van der Waals surface area contributed by atoms with Crippen LogP contribution >= 0.6 is 0 Å². The molecule has 2 rings (SSSR count). The summed E-state index contributed by atoms with van der Waals surface area (Å²) in [6, 6.07) is 1.30. The van der Waals surface area contributed by atoms with Crippen LogP contribution in [0.25, 0.3) is 0 Å². The molecular weight excluding hydrogens is 260 g/mol. The molecule has 0 radical (unpaired) electrons. The van der Waals surface area contributed by atoms with Gasteiger partial charge in [-0.25, -0.2) is 0 Å². The van der Waals surface area contributed by atoms with Crippen LogP contribution in [0.15, 0.2) is 0 Å². The summed E-state index contributed by atoms with van der Waals surface area (Å²) < 4.78 is 6.15. The van der Waals surface area contributed by atoms with Gasteiger partial charge in [0, 0.05) is 31.7 Å². The van der Waals surface area contributed by atoms with Crippen molar-refractivity contribution in [1.29, 1.82) is 0 Å². The van der Waals surface area contributed by atoms with Gasteiger partial charge in [-0.15, -0.1) is 0 Å². The third-order valence-corrected chi connectivity index (χ3v) is 5.35. The van der Waals surface area contributed by atoms with E-state index in [1.54, 1.807) is 0 Å². The van der Waals surface area contributed by atoms with Crippen molar-refractivity contribution in [2.45, 2.75) is 78.0 Å². The molecule has 1 saturated carbocycles. The summed E-state index contributed by atoms with van der Waals surface area (Å²) in [5.41, 5.74) is 0. The number of hydrogen-bond donors (Lipinski definition) is 1. The Morgan fingerprint density at radius 1 is 1.05 bits per heavy atom. The molecule has 0 bridgehead atoms. The van der Waals surface area contributed by atoms with E-state index in [4.69, 9.17) is 4.74 Å². The molecule has 0 aromatic rings. The summed E-state index contributed by atoms with van der Waals surface area (Å²) in [5, 5.41) is 3.74. The molecule has 2 aliphatic rings. The van der Waals surface area contributed by atoms with Crippen molar-refractivity contribution in [2.24, 2.45) is 11.8 Å². The molecule has 3 nitrogen and oxygen atoms in total. The van der Waals surface area contributed by atoms with Gasteiger partial charge in [0.25, 0.3) is 0 Å². The van der Waals surface area contributed by atoms with Gasteiger partial charge in [-0.3, -0.25) is 4.90 Å². The molecule has 0 aromatic heterocycles. The summed E-state index contributed by atoms with van der Waals surface area (Å²) in [7, 11) is 0. The molecule has 2 unspecified atom stereocenters. The second-order valence-electron chi connectivity index (χ2n) is 7.70. The van der Waals surface area contributed by atoms with Crippen LogP contribution in [-0.2, 0) is 4.74 Å². The van der Waals surface area contributed by atoms with Gasteiger partial charge in [0.1, 0.15) is 0 Å². The lowest BCUT2D eigenvalue weighted by Crippen LogP contribution is -2.60. The highest BCUT2D eigenvalue weighted by molar-refractivity contribution is 4.89. The van der Waals surface area contributed by atoms with E-state index >= 15 is 0 Å². The van der Waals surface area contributed by atoms with E-state index in [0.29, 0.717) is 30.0 Å². The predicted molar refractivity (Wildman–Crippen MR) is 89.7 cm³/mol. The second-order valence-corrected chi connectivity index (χ2v) is 7.70. The Hall–Kier alpha value is -0.120. The minimum Gasteiger partial charge on any atom is -0.377 e. The van der Waals surface area contributed by atoms with Gasteiger partial charge in [-0.05, 0) is 24.7 Å². The largest absolute Gasteiger partial charge is 0.377 e. The zero-order valence-corrected chi connectivity index (χ0v) is 14.6. The molecule has 124 valence electrons. The molecule has 1 heterocycles. The van der Waals surface area contributed by atoms with Crippen LogP contribution in [0.5, 0.6) is 0 Å². The number of nitrogens with one attached hydrogen (secondary N) is 1. The van der Waals surface area contributed by atoms with Crippen LogP contribution in [0.4, 0.5) is 0 Å². The van der Waals surface area contributed by atoms with Gasteiger partial charge in [-0.1, -0.05) is 47.0 Å². The lowest BCUT2D eigenvalue weighted by molar-refractivity contribution is -0.00364. The smallest absolute Gasteiger partial charge is 0.0597 e. The van der Waals surface area contributed by atoms with Gasteiger partial charge in [0.15, 0.2) is 0 Å². The molecule has 1 aliphatic heterocycles. The van der Waals surface area contributed by atoms with Crippen LogP contribution in [0.3, 0.4) is 0 Å². The molecule has 2 fully saturated rings. The lowest BCUT2D eigenvalue weighted by atomic mass is 9.94. The Morgan fingerprint density at radius 2 is 1.76 bits per heavy atom. The molecular formula is C18H36N2O. The third-order valence-electron chi connectivity index (χ3n) is 5.35. The summed E-state index contributed by atoms with van der Waals surface area (Å²) in [6.07, 6.45) is 7.24. The first kappa shape index (κ1) is 17.2. The maximum Gasteiger partial charge on any atom is 0.0597 e. The van der Waals surface area contributed by atoms with Gasteiger partial charge in [0.2, 0.25) is 0 Å². The van der Waals surface area contributed by atoms with E-state index in [0.717, 1.165) is 19.7 Å². The van der Waals surface area contributed by atoms with E-state index in [9.17, 15) is 0 Å². The van der Waals surface area contributed by atoms with Crippen molar-refractivity contribution >= 4 is 0 Å². The molecule has 0 spiro atoms. The van der Waals surface area contributed by atoms with E-state index in [1.165, 1.54) is 38.6 Å². The van der Waals surface area contributed by atoms with Gasteiger partial charge in [0.05, 0.1) is 12.7 Å². The SMILES string of the molecule is CC(C)C1CN(CCOC2CCCCC2)C(C(C)C)CN1. The van der Waals surface area contributed by atoms with Crippen molar-refractivity contribution in [3.63, 3.8) is 0 Å². The molecule has 1 aliphatic carbocycles. The maximum absolute atomic E-state index is 6.15. The first-order valence-electron chi connectivity index (χ1n) is 9.17. The fourth-order valence-corrected chi connectivity index (χ4v) is 3.78. The predicted octanol–water partition coefficient (Wildman–Crippen LogP) is 3.29. The van der Waals surface area contributed by atoms with Crippen LogP contribution in [-0.4, -0.2) is 49.3 Å². The first-order chi connectivity index (χ1) is 10.1. The Bertz CT molecular complexity index is 287. The van der Waals surface area contributed by atoms with E-state index < -0.39 is 0 Å². The Balaban J connectivity index is 1.78. The maximum atomic E-state index is 6.15. The van der Waals surface area contributed by atoms with Crippen molar-refractivity contribution in [3.05, 3.63) is 0 Å². The van der Waals surface area contributed by atoms with Crippen molar-refractivity contribution in [2.75, 3.05) is 26.2 Å². The standard InChI is InChI=1S/C18H36N2O/c1-14(2)17-13-20(18(12-19-17)15(3)4)10-11-21-16-8-6-5-7-9-16/h14-19H,5-13H2,1-4H3. The number of rotatable bonds is 6. The lowest BCUT2D eigenvalue weighted by Gasteiger charge is -2.43. The van der Waals surface area contributed by atoms with Crippen molar-refractivity contribution < 1.29 is 4.74 Å². The summed E-state index contributed by atoms with van der Waals surface area (Å²) in [4.78, 5) is 2.68. The van der Waals surface area contributed by atoms with Crippen molar-refractivity contribution in [3.8, 4) is 0 Å². The Labute approximate surface area is 131 Å². The Morgan fingerprint density at radius 3 is 2.38 bits per heavy atom. The number of ether oxygens (including phenoxy) is 1. The first-order valence-corrected chi connectivity index (χ1v) is 9.17. The normalized spacial score (nSPS) is 29.4. The molecule has 0 aromatic carbocycles. The summed E-state index contributed by atoms with van der Waals surface area (Å²) >= 11 is 0. The molecule has 1 saturated heterocycles. The van der Waals surface area contributed by atoms with E-state index in [1.807, 2.05) is 0 Å². The van der Waals surface area contributed by atoms with E-state index in [-0.39, 0.29) is 0 Å². The zero-order valence-electron chi connectivity index (χ0n) is 14.6. The molecule has 2 atom stereocenters.